The van der Waals surface area contributed by atoms with Crippen LogP contribution in [0, 0.1) is 0 Å². The first-order valence-corrected chi connectivity index (χ1v) is 24.5. The Bertz CT molecular complexity index is 1110. The van der Waals surface area contributed by atoms with Gasteiger partial charge in [-0.1, -0.05) is 180 Å². The molecule has 1 heterocycles. The molecule has 1 saturated heterocycles. The average Bonchev–Trinajstić information content (AvgIpc) is 3.19. The van der Waals surface area contributed by atoms with Crippen LogP contribution in [0.15, 0.2) is 12.2 Å². The summed E-state index contributed by atoms with van der Waals surface area (Å²) in [6.45, 7) is 3.21. The van der Waals surface area contributed by atoms with E-state index in [4.69, 9.17) is 14.0 Å². The van der Waals surface area contributed by atoms with E-state index in [1.807, 2.05) is 12.2 Å². The van der Waals surface area contributed by atoms with Gasteiger partial charge < -0.3 is 40.3 Å². The monoisotopic (exact) mass is 852 g/mol. The van der Waals surface area contributed by atoms with Gasteiger partial charge in [-0.2, -0.15) is 8.42 Å². The number of unbranched alkanes of at least 4 members (excludes halogenated alkanes) is 24. The van der Waals surface area contributed by atoms with E-state index in [1.165, 1.54) is 116 Å². The van der Waals surface area contributed by atoms with Crippen molar-refractivity contribution in [3.05, 3.63) is 12.2 Å². The topological polar surface area (TPSA) is 212 Å². The molecule has 0 bridgehead atoms. The van der Waals surface area contributed by atoms with Crippen LogP contribution in [-0.2, 0) is 28.9 Å². The third kappa shape index (κ3) is 27.6. The Kier molecular flexibility index (Phi) is 33.5. The van der Waals surface area contributed by atoms with Crippen LogP contribution in [0.25, 0.3) is 0 Å². The number of allylic oxidation sites excluding steroid dienone is 2. The molecule has 13 nitrogen and oxygen atoms in total. The first kappa shape index (κ1) is 54.8. The summed E-state index contributed by atoms with van der Waals surface area (Å²) in [4.78, 5) is 13.0. The fraction of sp³-hybridized carbons (Fsp3) is 0.932. The van der Waals surface area contributed by atoms with Gasteiger partial charge in [-0.3, -0.25) is 9.35 Å². The van der Waals surface area contributed by atoms with Crippen molar-refractivity contribution in [2.45, 2.75) is 249 Å². The van der Waals surface area contributed by atoms with Crippen molar-refractivity contribution in [2.75, 3.05) is 13.2 Å². The summed E-state index contributed by atoms with van der Waals surface area (Å²) in [6.07, 6.45) is 25.8. The van der Waals surface area contributed by atoms with Crippen molar-refractivity contribution < 1.29 is 57.0 Å². The molecule has 1 amide bonds. The number of rotatable bonds is 39. The van der Waals surface area contributed by atoms with E-state index < -0.39 is 78.5 Å². The van der Waals surface area contributed by atoms with Crippen LogP contribution < -0.4 is 5.32 Å². The van der Waals surface area contributed by atoms with E-state index in [9.17, 15) is 38.7 Å². The van der Waals surface area contributed by atoms with Crippen LogP contribution in [0.4, 0.5) is 0 Å². The fourth-order valence-electron chi connectivity index (χ4n) is 7.47. The summed E-state index contributed by atoms with van der Waals surface area (Å²) in [7, 11) is -5.11. The van der Waals surface area contributed by atoms with E-state index in [0.29, 0.717) is 19.3 Å². The molecule has 344 valence electrons. The molecule has 0 aromatic heterocycles. The number of carbonyl (C=O) groups excluding carboxylic acids is 1. The molecule has 0 aromatic rings. The van der Waals surface area contributed by atoms with Gasteiger partial charge in [-0.05, 0) is 32.1 Å². The van der Waals surface area contributed by atoms with E-state index in [2.05, 4.69) is 23.3 Å². The highest BCUT2D eigenvalue weighted by Gasteiger charge is 2.48. The van der Waals surface area contributed by atoms with Crippen LogP contribution in [0.1, 0.15) is 200 Å². The van der Waals surface area contributed by atoms with Crippen molar-refractivity contribution in [3.63, 3.8) is 0 Å². The summed E-state index contributed by atoms with van der Waals surface area (Å²) < 4.78 is 47.4. The molecule has 14 heteroatoms. The number of hydrogen-bond donors (Lipinski definition) is 7. The predicted octanol–water partition coefficient (Wildman–Crippen LogP) is 7.75. The van der Waals surface area contributed by atoms with Crippen molar-refractivity contribution in [1.82, 2.24) is 5.32 Å². The van der Waals surface area contributed by atoms with Gasteiger partial charge in [0.1, 0.15) is 30.5 Å². The molecule has 1 aliphatic heterocycles. The molecule has 1 rings (SSSR count). The van der Waals surface area contributed by atoms with E-state index in [-0.39, 0.29) is 6.42 Å². The van der Waals surface area contributed by atoms with Gasteiger partial charge in [0.25, 0.3) is 0 Å². The van der Waals surface area contributed by atoms with Crippen molar-refractivity contribution in [3.8, 4) is 0 Å². The smallest absolute Gasteiger partial charge is 0.394 e. The summed E-state index contributed by atoms with van der Waals surface area (Å²) in [5, 5.41) is 55.1. The number of nitrogens with one attached hydrogen (secondary N) is 1. The summed E-state index contributed by atoms with van der Waals surface area (Å²) in [5.74, 6) is -0.704. The number of hydrogen-bond acceptors (Lipinski definition) is 11. The molecule has 58 heavy (non-hydrogen) atoms. The van der Waals surface area contributed by atoms with Crippen LogP contribution in [0.3, 0.4) is 0 Å². The van der Waals surface area contributed by atoms with Gasteiger partial charge in [0.2, 0.25) is 5.91 Å². The fourth-order valence-corrected chi connectivity index (χ4v) is 7.98. The molecule has 0 radical (unpaired) electrons. The highest BCUT2D eigenvalue weighted by molar-refractivity contribution is 7.80. The highest BCUT2D eigenvalue weighted by Crippen LogP contribution is 2.26. The number of aliphatic hydroxyl groups excluding tert-OH is 5. The van der Waals surface area contributed by atoms with Gasteiger partial charge in [-0.15, -0.1) is 0 Å². The maximum atomic E-state index is 13.0. The van der Waals surface area contributed by atoms with Crippen molar-refractivity contribution in [1.29, 1.82) is 0 Å². The number of carbonyl (C=O) groups is 1. The molecule has 0 aliphatic carbocycles. The molecule has 0 spiro atoms. The molecule has 1 aliphatic rings. The van der Waals surface area contributed by atoms with Crippen LogP contribution in [-0.4, -0.2) is 107 Å². The molecule has 1 fully saturated rings. The minimum absolute atomic E-state index is 0.176. The highest BCUT2D eigenvalue weighted by atomic mass is 32.3. The molecule has 0 aromatic carbocycles. The van der Waals surface area contributed by atoms with Crippen LogP contribution in [0.5, 0.6) is 0 Å². The van der Waals surface area contributed by atoms with E-state index in [1.54, 1.807) is 0 Å². The van der Waals surface area contributed by atoms with Gasteiger partial charge in [0.05, 0.1) is 25.4 Å². The molecular weight excluding hydrogens is 767 g/mol. The standard InChI is InChI=1S/C44H85NO12S/c1-3-5-7-9-11-13-14-15-16-17-18-19-20-21-22-23-24-25-27-28-30-32-37(47)36(45-43(51)38(48)33-31-29-26-12-10-8-6-4-2)35-55-44-41(50)42(57-58(52,53)54)40(49)39(34-46)56-44/h26,29,36-42,44,46-50H,3-25,27-28,30-35H2,1-2H3,(H,45,51)(H,52,53,54)/b29-26-. The zero-order valence-electron chi connectivity index (χ0n) is 36.2. The Hall–Kier alpha value is -1.20. The Balaban J connectivity index is 2.48. The Labute approximate surface area is 352 Å². The van der Waals surface area contributed by atoms with Crippen LogP contribution in [0.2, 0.25) is 0 Å². The second kappa shape index (κ2) is 35.4. The number of amides is 1. The van der Waals surface area contributed by atoms with E-state index in [0.717, 1.165) is 44.9 Å². The summed E-state index contributed by atoms with van der Waals surface area (Å²) in [6, 6.07) is -1.04. The lowest BCUT2D eigenvalue weighted by Crippen LogP contribution is -2.61. The van der Waals surface area contributed by atoms with Crippen molar-refractivity contribution >= 4 is 16.3 Å². The lowest BCUT2D eigenvalue weighted by Gasteiger charge is -2.41. The maximum absolute atomic E-state index is 13.0. The molecule has 0 saturated carbocycles. The lowest BCUT2D eigenvalue weighted by molar-refractivity contribution is -0.298. The zero-order valence-corrected chi connectivity index (χ0v) is 37.1. The second-order valence-corrected chi connectivity index (χ2v) is 17.5. The summed E-state index contributed by atoms with van der Waals surface area (Å²) >= 11 is 0. The molecular formula is C44H85NO12S. The second-order valence-electron chi connectivity index (χ2n) is 16.5. The third-order valence-electron chi connectivity index (χ3n) is 11.2. The third-order valence-corrected chi connectivity index (χ3v) is 11.7. The first-order valence-electron chi connectivity index (χ1n) is 23.2. The lowest BCUT2D eigenvalue weighted by atomic mass is 9.99. The van der Waals surface area contributed by atoms with Gasteiger partial charge >= 0.3 is 10.4 Å². The summed E-state index contributed by atoms with van der Waals surface area (Å²) in [5.41, 5.74) is 0. The first-order chi connectivity index (χ1) is 27.9. The Morgan fingerprint density at radius 1 is 0.672 bits per heavy atom. The number of ether oxygens (including phenoxy) is 2. The normalized spacial score (nSPS) is 21.7. The molecule has 8 atom stereocenters. The zero-order chi connectivity index (χ0) is 42.9. The van der Waals surface area contributed by atoms with Gasteiger partial charge in [0.15, 0.2) is 6.29 Å². The van der Waals surface area contributed by atoms with Gasteiger partial charge in [0, 0.05) is 0 Å². The SMILES string of the molecule is CCCCCC/C=C\CCC(O)C(=O)NC(COC1OC(CO)C(O)C(OS(=O)(=O)O)C1O)C(O)CCCCCCCCCCCCCCCCCCCCCCC. The van der Waals surface area contributed by atoms with E-state index >= 15 is 0 Å². The molecule has 7 N–H and O–H groups in total. The minimum Gasteiger partial charge on any atom is -0.394 e. The predicted molar refractivity (Wildman–Crippen MR) is 228 cm³/mol. The quantitative estimate of drug-likeness (QED) is 0.0180. The van der Waals surface area contributed by atoms with Gasteiger partial charge in [-0.25, -0.2) is 4.18 Å². The van der Waals surface area contributed by atoms with Crippen molar-refractivity contribution in [2.24, 2.45) is 0 Å². The average molecular weight is 852 g/mol. The van der Waals surface area contributed by atoms with Crippen LogP contribution >= 0.6 is 0 Å². The maximum Gasteiger partial charge on any atom is 0.397 e. The largest absolute Gasteiger partial charge is 0.397 e. The number of aliphatic hydroxyl groups is 5. The molecule has 8 unspecified atom stereocenters. The Morgan fingerprint density at radius 3 is 1.59 bits per heavy atom. The minimum atomic E-state index is -5.11. The Morgan fingerprint density at radius 2 is 1.12 bits per heavy atom.